The van der Waals surface area contributed by atoms with Crippen LogP contribution in [0.3, 0.4) is 0 Å². The van der Waals surface area contributed by atoms with Gasteiger partial charge in [0.05, 0.1) is 0 Å². The summed E-state index contributed by atoms with van der Waals surface area (Å²) in [5.74, 6) is 1.42. The SMILES string of the molecule is CC(C)CC(CN)CN1CCc2sccc2C1. The van der Waals surface area contributed by atoms with Gasteiger partial charge in [-0.3, -0.25) is 4.90 Å². The van der Waals surface area contributed by atoms with Crippen molar-refractivity contribution in [3.63, 3.8) is 0 Å². The fourth-order valence-electron chi connectivity index (χ4n) is 2.74. The van der Waals surface area contributed by atoms with Crippen LogP contribution in [0.15, 0.2) is 11.4 Å². The zero-order chi connectivity index (χ0) is 12.3. The lowest BCUT2D eigenvalue weighted by atomic mass is 9.96. The third kappa shape index (κ3) is 3.54. The highest BCUT2D eigenvalue weighted by Gasteiger charge is 2.20. The van der Waals surface area contributed by atoms with Gasteiger partial charge in [0.2, 0.25) is 0 Å². The van der Waals surface area contributed by atoms with E-state index in [1.807, 2.05) is 11.3 Å². The number of rotatable bonds is 5. The van der Waals surface area contributed by atoms with Crippen molar-refractivity contribution in [2.75, 3.05) is 19.6 Å². The van der Waals surface area contributed by atoms with Crippen LogP contribution < -0.4 is 5.73 Å². The van der Waals surface area contributed by atoms with E-state index < -0.39 is 0 Å². The van der Waals surface area contributed by atoms with E-state index in [4.69, 9.17) is 5.73 Å². The quantitative estimate of drug-likeness (QED) is 0.873. The third-order valence-corrected chi connectivity index (χ3v) is 4.56. The molecule has 3 heteroatoms. The van der Waals surface area contributed by atoms with E-state index in [1.54, 1.807) is 10.4 Å². The summed E-state index contributed by atoms with van der Waals surface area (Å²) in [7, 11) is 0. The molecule has 17 heavy (non-hydrogen) atoms. The van der Waals surface area contributed by atoms with Crippen LogP contribution in [-0.2, 0) is 13.0 Å². The minimum atomic E-state index is 0.662. The number of fused-ring (bicyclic) bond motifs is 1. The Labute approximate surface area is 109 Å². The Morgan fingerprint density at radius 1 is 1.47 bits per heavy atom. The molecule has 0 saturated heterocycles. The second-order valence-corrected chi connectivity index (χ2v) is 6.59. The zero-order valence-corrected chi connectivity index (χ0v) is 11.8. The minimum absolute atomic E-state index is 0.662. The molecule has 0 radical (unpaired) electrons. The van der Waals surface area contributed by atoms with Crippen LogP contribution in [0.25, 0.3) is 0 Å². The van der Waals surface area contributed by atoms with E-state index in [2.05, 4.69) is 30.2 Å². The molecule has 96 valence electrons. The largest absolute Gasteiger partial charge is 0.330 e. The summed E-state index contributed by atoms with van der Waals surface area (Å²) in [6.07, 6.45) is 2.48. The van der Waals surface area contributed by atoms with Gasteiger partial charge in [-0.05, 0) is 48.2 Å². The number of nitrogens with two attached hydrogens (primary N) is 1. The molecule has 2 heterocycles. The monoisotopic (exact) mass is 252 g/mol. The van der Waals surface area contributed by atoms with Crippen LogP contribution >= 0.6 is 11.3 Å². The molecule has 2 N–H and O–H groups in total. The zero-order valence-electron chi connectivity index (χ0n) is 11.0. The lowest BCUT2D eigenvalue weighted by molar-refractivity contribution is 0.203. The lowest BCUT2D eigenvalue weighted by Gasteiger charge is -2.30. The predicted octanol–water partition coefficient (Wildman–Crippen LogP) is 2.73. The Bertz CT molecular complexity index is 346. The van der Waals surface area contributed by atoms with Gasteiger partial charge in [0.15, 0.2) is 0 Å². The van der Waals surface area contributed by atoms with Gasteiger partial charge in [-0.1, -0.05) is 13.8 Å². The Hall–Kier alpha value is -0.380. The molecule has 1 aliphatic heterocycles. The van der Waals surface area contributed by atoms with Crippen LogP contribution in [0.2, 0.25) is 0 Å². The molecule has 2 nitrogen and oxygen atoms in total. The molecular weight excluding hydrogens is 228 g/mol. The highest BCUT2D eigenvalue weighted by Crippen LogP contribution is 2.25. The van der Waals surface area contributed by atoms with Crippen molar-refractivity contribution in [2.24, 2.45) is 17.6 Å². The van der Waals surface area contributed by atoms with Gasteiger partial charge >= 0.3 is 0 Å². The molecule has 0 saturated carbocycles. The van der Waals surface area contributed by atoms with Crippen molar-refractivity contribution in [2.45, 2.75) is 33.2 Å². The van der Waals surface area contributed by atoms with Crippen LogP contribution in [0.5, 0.6) is 0 Å². The van der Waals surface area contributed by atoms with Crippen molar-refractivity contribution < 1.29 is 0 Å². The summed E-state index contributed by atoms with van der Waals surface area (Å²) in [5.41, 5.74) is 7.43. The molecule has 1 unspecified atom stereocenters. The van der Waals surface area contributed by atoms with Gasteiger partial charge in [0, 0.05) is 24.5 Å². The molecule has 2 rings (SSSR count). The van der Waals surface area contributed by atoms with Crippen molar-refractivity contribution in [1.29, 1.82) is 0 Å². The molecule has 0 spiro atoms. The van der Waals surface area contributed by atoms with Crippen molar-refractivity contribution >= 4 is 11.3 Å². The average molecular weight is 252 g/mol. The van der Waals surface area contributed by atoms with Crippen molar-refractivity contribution in [3.8, 4) is 0 Å². The van der Waals surface area contributed by atoms with Crippen LogP contribution in [0.1, 0.15) is 30.7 Å². The number of hydrogen-bond donors (Lipinski definition) is 1. The first kappa shape index (κ1) is 13.1. The Morgan fingerprint density at radius 2 is 2.29 bits per heavy atom. The summed E-state index contributed by atoms with van der Waals surface area (Å²) >= 11 is 1.91. The van der Waals surface area contributed by atoms with Crippen molar-refractivity contribution in [3.05, 3.63) is 21.9 Å². The van der Waals surface area contributed by atoms with Gasteiger partial charge < -0.3 is 5.73 Å². The first-order valence-corrected chi connectivity index (χ1v) is 7.54. The molecule has 1 aliphatic rings. The summed E-state index contributed by atoms with van der Waals surface area (Å²) in [5, 5.41) is 2.22. The summed E-state index contributed by atoms with van der Waals surface area (Å²) in [6.45, 7) is 8.91. The second kappa shape index (κ2) is 5.98. The molecule has 0 amide bonds. The lowest BCUT2D eigenvalue weighted by Crippen LogP contribution is -2.36. The number of nitrogens with zero attached hydrogens (tertiary/aromatic N) is 1. The van der Waals surface area contributed by atoms with E-state index in [0.29, 0.717) is 5.92 Å². The van der Waals surface area contributed by atoms with E-state index in [0.717, 1.165) is 19.0 Å². The third-order valence-electron chi connectivity index (χ3n) is 3.54. The second-order valence-electron chi connectivity index (χ2n) is 5.59. The fraction of sp³-hybridized carbons (Fsp3) is 0.714. The summed E-state index contributed by atoms with van der Waals surface area (Å²) < 4.78 is 0. The molecule has 1 atom stereocenters. The van der Waals surface area contributed by atoms with E-state index >= 15 is 0 Å². The number of hydrogen-bond acceptors (Lipinski definition) is 3. The highest BCUT2D eigenvalue weighted by atomic mass is 32.1. The Morgan fingerprint density at radius 3 is 3.00 bits per heavy atom. The molecule has 1 aromatic rings. The Balaban J connectivity index is 1.88. The first-order valence-electron chi connectivity index (χ1n) is 6.66. The summed E-state index contributed by atoms with van der Waals surface area (Å²) in [4.78, 5) is 4.17. The molecule has 0 fully saturated rings. The van der Waals surface area contributed by atoms with Crippen LogP contribution in [0.4, 0.5) is 0 Å². The average Bonchev–Trinajstić information content (AvgIpc) is 2.74. The van der Waals surface area contributed by atoms with E-state index in [1.165, 1.54) is 25.9 Å². The van der Waals surface area contributed by atoms with Crippen LogP contribution in [0, 0.1) is 11.8 Å². The number of thiophene rings is 1. The van der Waals surface area contributed by atoms with Crippen molar-refractivity contribution in [1.82, 2.24) is 4.90 Å². The first-order chi connectivity index (χ1) is 8.19. The maximum absolute atomic E-state index is 5.89. The minimum Gasteiger partial charge on any atom is -0.330 e. The van der Waals surface area contributed by atoms with E-state index in [-0.39, 0.29) is 0 Å². The summed E-state index contributed by atoms with van der Waals surface area (Å²) in [6, 6.07) is 2.28. The molecule has 0 aliphatic carbocycles. The highest BCUT2D eigenvalue weighted by molar-refractivity contribution is 7.10. The molecular formula is C14H24N2S. The normalized spacial score (nSPS) is 18.4. The molecule has 0 aromatic carbocycles. The standard InChI is InChI=1S/C14H24N2S/c1-11(2)7-12(8-15)9-16-5-3-14-13(10-16)4-6-17-14/h4,6,11-12H,3,5,7-10,15H2,1-2H3. The predicted molar refractivity (Wildman–Crippen MR) is 75.3 cm³/mol. The maximum atomic E-state index is 5.89. The molecule has 1 aromatic heterocycles. The van der Waals surface area contributed by atoms with Gasteiger partial charge in [0.1, 0.15) is 0 Å². The van der Waals surface area contributed by atoms with Gasteiger partial charge in [-0.15, -0.1) is 11.3 Å². The van der Waals surface area contributed by atoms with Gasteiger partial charge in [-0.25, -0.2) is 0 Å². The smallest absolute Gasteiger partial charge is 0.0245 e. The van der Waals surface area contributed by atoms with Gasteiger partial charge in [0.25, 0.3) is 0 Å². The Kier molecular flexibility index (Phi) is 4.60. The maximum Gasteiger partial charge on any atom is 0.0245 e. The topological polar surface area (TPSA) is 29.3 Å². The van der Waals surface area contributed by atoms with Gasteiger partial charge in [-0.2, -0.15) is 0 Å². The molecule has 0 bridgehead atoms. The van der Waals surface area contributed by atoms with Crippen LogP contribution in [-0.4, -0.2) is 24.5 Å². The van der Waals surface area contributed by atoms with E-state index in [9.17, 15) is 0 Å². The fourth-order valence-corrected chi connectivity index (χ4v) is 3.63.